The van der Waals surface area contributed by atoms with Crippen LogP contribution in [-0.4, -0.2) is 23.9 Å². The smallest absolute Gasteiger partial charge is 0.342 e. The first-order valence-corrected chi connectivity index (χ1v) is 11.9. The van der Waals surface area contributed by atoms with Crippen molar-refractivity contribution in [2.75, 3.05) is 0 Å². The predicted octanol–water partition coefficient (Wildman–Crippen LogP) is 4.85. The summed E-state index contributed by atoms with van der Waals surface area (Å²) in [6.45, 7) is 14.4. The third-order valence-electron chi connectivity index (χ3n) is 4.82. The van der Waals surface area contributed by atoms with Crippen LogP contribution in [0.25, 0.3) is 0 Å². The molecule has 0 N–H and O–H groups in total. The highest BCUT2D eigenvalue weighted by Gasteiger charge is 2.29. The topological polar surface area (TPSA) is 135 Å². The van der Waals surface area contributed by atoms with Crippen LogP contribution in [0.3, 0.4) is 0 Å². The highest BCUT2D eigenvalue weighted by Crippen LogP contribution is 2.30. The molecule has 38 heavy (non-hydrogen) atoms. The molecule has 0 spiro atoms. The van der Waals surface area contributed by atoms with E-state index < -0.39 is 52.2 Å². The fourth-order valence-corrected chi connectivity index (χ4v) is 2.39. The minimum atomic E-state index is -0.888. The lowest BCUT2D eigenvalue weighted by Gasteiger charge is -2.19. The molecule has 0 bridgehead atoms. The molecule has 10 heteroatoms. The van der Waals surface area contributed by atoms with Crippen molar-refractivity contribution in [3.8, 4) is 17.2 Å². The highest BCUT2D eigenvalue weighted by molar-refractivity contribution is 5.94. The fourth-order valence-electron chi connectivity index (χ4n) is 2.39. The quantitative estimate of drug-likeness (QED) is 0.376. The van der Waals surface area contributed by atoms with Gasteiger partial charge in [0.05, 0.1) is 16.2 Å². The minimum absolute atomic E-state index is 0.0112. The number of carbonyl (C=O) groups excluding carboxylic acids is 4. The molecule has 0 radical (unpaired) electrons. The van der Waals surface area contributed by atoms with Gasteiger partial charge in [-0.05, 0) is 74.4 Å². The van der Waals surface area contributed by atoms with Crippen LogP contribution in [0.4, 0.5) is 0 Å². The van der Waals surface area contributed by atoms with Crippen LogP contribution in [0.15, 0.2) is 39.7 Å². The van der Waals surface area contributed by atoms with Crippen molar-refractivity contribution in [1.82, 2.24) is 0 Å². The predicted molar refractivity (Wildman–Crippen MR) is 136 cm³/mol. The molecule has 2 aromatic rings. The Kier molecular flexibility index (Phi) is 8.93. The van der Waals surface area contributed by atoms with Crippen molar-refractivity contribution in [1.29, 1.82) is 0 Å². The summed E-state index contributed by atoms with van der Waals surface area (Å²) < 4.78 is 26.4. The third-order valence-corrected chi connectivity index (χ3v) is 4.82. The molecule has 1 heterocycles. The van der Waals surface area contributed by atoms with Crippen molar-refractivity contribution in [2.24, 2.45) is 16.2 Å². The average Bonchev–Trinajstić information content (AvgIpc) is 2.77. The minimum Gasteiger partial charge on any atom is -0.462 e. The zero-order chi connectivity index (χ0) is 29.1. The summed E-state index contributed by atoms with van der Waals surface area (Å²) in [5.41, 5.74) is -3.25. The second-order valence-corrected chi connectivity index (χ2v) is 11.7. The summed E-state index contributed by atoms with van der Waals surface area (Å²) in [6, 6.07) is 4.95. The summed E-state index contributed by atoms with van der Waals surface area (Å²) in [5.74, 6) is -3.05. The Morgan fingerprint density at radius 1 is 0.711 bits per heavy atom. The molecular formula is C28H34O10. The third kappa shape index (κ3) is 8.29. The first kappa shape index (κ1) is 30.3. The van der Waals surface area contributed by atoms with E-state index in [0.717, 1.165) is 12.3 Å². The maximum absolute atomic E-state index is 12.9. The van der Waals surface area contributed by atoms with Crippen molar-refractivity contribution in [3.63, 3.8) is 0 Å². The maximum atomic E-state index is 12.9. The Bertz CT molecular complexity index is 1280. The van der Waals surface area contributed by atoms with Crippen LogP contribution in [0.2, 0.25) is 0 Å². The molecule has 0 aliphatic carbocycles. The highest BCUT2D eigenvalue weighted by atomic mass is 16.6. The molecule has 0 aliphatic heterocycles. The maximum Gasteiger partial charge on any atom is 0.342 e. The van der Waals surface area contributed by atoms with Gasteiger partial charge in [-0.3, -0.25) is 19.2 Å². The summed E-state index contributed by atoms with van der Waals surface area (Å²) >= 11 is 0. The largest absolute Gasteiger partial charge is 0.462 e. The summed E-state index contributed by atoms with van der Waals surface area (Å²) in [4.78, 5) is 62.0. The van der Waals surface area contributed by atoms with Gasteiger partial charge in [-0.15, -0.1) is 0 Å². The van der Waals surface area contributed by atoms with Crippen LogP contribution < -0.4 is 19.6 Å². The zero-order valence-electron chi connectivity index (χ0n) is 23.2. The van der Waals surface area contributed by atoms with Crippen molar-refractivity contribution in [2.45, 2.75) is 68.9 Å². The summed E-state index contributed by atoms with van der Waals surface area (Å²) in [5, 5.41) is 0. The lowest BCUT2D eigenvalue weighted by molar-refractivity contribution is -0.144. The van der Waals surface area contributed by atoms with E-state index in [9.17, 15) is 24.0 Å². The number of rotatable bonds is 6. The average molecular weight is 531 g/mol. The first-order valence-electron chi connectivity index (χ1n) is 11.9. The van der Waals surface area contributed by atoms with Crippen molar-refractivity contribution < 1.29 is 42.5 Å². The van der Waals surface area contributed by atoms with Gasteiger partial charge in [-0.25, -0.2) is 4.79 Å². The molecule has 0 unspecified atom stereocenters. The molecule has 1 aromatic carbocycles. The van der Waals surface area contributed by atoms with Crippen molar-refractivity contribution >= 4 is 23.9 Å². The lowest BCUT2D eigenvalue weighted by Crippen LogP contribution is -2.27. The summed E-state index contributed by atoms with van der Waals surface area (Å²) in [6.07, 6.45) is 0.962. The van der Waals surface area contributed by atoms with Gasteiger partial charge in [0, 0.05) is 12.1 Å². The van der Waals surface area contributed by atoms with Gasteiger partial charge >= 0.3 is 23.9 Å². The molecule has 0 aliphatic rings. The second-order valence-electron chi connectivity index (χ2n) is 11.7. The second kappa shape index (κ2) is 11.2. The molecule has 0 saturated heterocycles. The van der Waals surface area contributed by atoms with E-state index in [0.29, 0.717) is 0 Å². The Hall–Kier alpha value is -3.95. The number of carbonyl (C=O) groups is 4. The Balaban J connectivity index is 2.25. The number of hydrogen-bond donors (Lipinski definition) is 0. The first-order chi connectivity index (χ1) is 17.3. The van der Waals surface area contributed by atoms with Gasteiger partial charge in [-0.2, -0.15) is 0 Å². The van der Waals surface area contributed by atoms with Crippen LogP contribution >= 0.6 is 0 Å². The Labute approximate surface area is 221 Å². The van der Waals surface area contributed by atoms with Crippen LogP contribution in [-0.2, 0) is 25.7 Å². The van der Waals surface area contributed by atoms with E-state index in [1.165, 1.54) is 18.2 Å². The molecule has 206 valence electrons. The molecule has 0 fully saturated rings. The van der Waals surface area contributed by atoms with Crippen LogP contribution in [0, 0.1) is 16.2 Å². The van der Waals surface area contributed by atoms with Crippen molar-refractivity contribution in [3.05, 3.63) is 52.1 Å². The molecule has 0 atom stereocenters. The molecule has 10 nitrogen and oxygen atoms in total. The van der Waals surface area contributed by atoms with Gasteiger partial charge in [0.2, 0.25) is 11.2 Å². The number of benzene rings is 1. The lowest BCUT2D eigenvalue weighted by atomic mass is 9.97. The van der Waals surface area contributed by atoms with E-state index in [4.69, 9.17) is 23.4 Å². The SMILES string of the molecule is CC(C)(C)C(=O)Oc1ccc(C(=O)OCc2cc(=O)c(OC(=O)C(C)(C)C)co2)c(OC(=O)C(C)(C)C)c1. The molecule has 0 amide bonds. The van der Waals surface area contributed by atoms with E-state index in [1.807, 2.05) is 0 Å². The summed E-state index contributed by atoms with van der Waals surface area (Å²) in [7, 11) is 0. The van der Waals surface area contributed by atoms with Gasteiger partial charge in [0.25, 0.3) is 0 Å². The van der Waals surface area contributed by atoms with Gasteiger partial charge in [0.1, 0.15) is 35.7 Å². The normalized spacial score (nSPS) is 11.9. The Morgan fingerprint density at radius 3 is 1.71 bits per heavy atom. The van der Waals surface area contributed by atoms with E-state index in [1.54, 1.807) is 62.3 Å². The van der Waals surface area contributed by atoms with Crippen LogP contribution in [0.5, 0.6) is 17.2 Å². The zero-order valence-corrected chi connectivity index (χ0v) is 23.2. The fraction of sp³-hybridized carbons (Fsp3) is 0.464. The van der Waals surface area contributed by atoms with Gasteiger partial charge in [0.15, 0.2) is 0 Å². The number of hydrogen-bond acceptors (Lipinski definition) is 10. The van der Waals surface area contributed by atoms with E-state index >= 15 is 0 Å². The van der Waals surface area contributed by atoms with Crippen LogP contribution in [0.1, 0.15) is 78.4 Å². The molecule has 2 rings (SSSR count). The molecule has 0 saturated carbocycles. The number of esters is 4. The number of ether oxygens (including phenoxy) is 4. The molecular weight excluding hydrogens is 496 g/mol. The standard InChI is InChI=1S/C28H34O10/c1-26(2,3)23(31)36-16-10-11-18(20(13-16)37-24(32)27(4,5)6)22(30)35-14-17-12-19(29)21(15-34-17)38-25(33)28(7,8)9/h10-13,15H,14H2,1-9H3. The van der Waals surface area contributed by atoms with Gasteiger partial charge < -0.3 is 23.4 Å². The van der Waals surface area contributed by atoms with E-state index in [2.05, 4.69) is 0 Å². The molecule has 1 aromatic heterocycles. The van der Waals surface area contributed by atoms with E-state index in [-0.39, 0.29) is 28.6 Å². The Morgan fingerprint density at radius 2 is 1.21 bits per heavy atom. The van der Waals surface area contributed by atoms with Gasteiger partial charge in [-0.1, -0.05) is 0 Å². The monoisotopic (exact) mass is 530 g/mol.